The number of aromatic nitrogens is 4. The van der Waals surface area contributed by atoms with Crippen LogP contribution < -0.4 is 5.32 Å². The highest BCUT2D eigenvalue weighted by atomic mass is 19.1. The third kappa shape index (κ3) is 2.03. The smallest absolute Gasteiger partial charge is 0.192 e. The molecule has 1 fully saturated rings. The molecule has 0 amide bonds. The van der Waals surface area contributed by atoms with E-state index in [1.54, 1.807) is 12.1 Å². The van der Waals surface area contributed by atoms with E-state index in [4.69, 9.17) is 0 Å². The van der Waals surface area contributed by atoms with Gasteiger partial charge < -0.3 is 5.32 Å². The van der Waals surface area contributed by atoms with Crippen LogP contribution in [0.5, 0.6) is 0 Å². The minimum Gasteiger partial charge on any atom is -0.307 e. The van der Waals surface area contributed by atoms with Crippen molar-refractivity contribution in [3.63, 3.8) is 0 Å². The van der Waals surface area contributed by atoms with E-state index in [1.807, 2.05) is 0 Å². The fourth-order valence-corrected chi connectivity index (χ4v) is 1.95. The molecule has 1 saturated heterocycles. The van der Waals surface area contributed by atoms with Gasteiger partial charge in [-0.15, -0.1) is 15.0 Å². The van der Waals surface area contributed by atoms with Crippen LogP contribution in [0.3, 0.4) is 0 Å². The van der Waals surface area contributed by atoms with Crippen molar-refractivity contribution in [2.75, 3.05) is 6.54 Å². The average molecular weight is 233 g/mol. The van der Waals surface area contributed by atoms with Gasteiger partial charge in [0.2, 0.25) is 0 Å². The SMILES string of the molecule is Fc1ccc(-n2nnc(C3CCCN3)n2)cc1. The molecule has 2 heterocycles. The average Bonchev–Trinajstić information content (AvgIpc) is 3.00. The van der Waals surface area contributed by atoms with Crippen molar-refractivity contribution in [2.24, 2.45) is 0 Å². The van der Waals surface area contributed by atoms with Crippen LogP contribution in [0.15, 0.2) is 24.3 Å². The minimum absolute atomic E-state index is 0.198. The molecule has 2 aromatic rings. The molecule has 1 unspecified atom stereocenters. The summed E-state index contributed by atoms with van der Waals surface area (Å²) in [5.74, 6) is 0.429. The van der Waals surface area contributed by atoms with Crippen molar-refractivity contribution in [1.82, 2.24) is 25.5 Å². The van der Waals surface area contributed by atoms with E-state index in [9.17, 15) is 4.39 Å². The second kappa shape index (κ2) is 4.21. The summed E-state index contributed by atoms with van der Waals surface area (Å²) in [5.41, 5.74) is 0.711. The normalized spacial score (nSPS) is 19.7. The number of nitrogens with one attached hydrogen (secondary N) is 1. The predicted octanol–water partition coefficient (Wildman–Crippen LogP) is 1.23. The van der Waals surface area contributed by atoms with Crippen molar-refractivity contribution >= 4 is 0 Å². The zero-order valence-corrected chi connectivity index (χ0v) is 9.17. The summed E-state index contributed by atoms with van der Waals surface area (Å²) in [4.78, 5) is 1.43. The summed E-state index contributed by atoms with van der Waals surface area (Å²) in [6.07, 6.45) is 2.17. The van der Waals surface area contributed by atoms with Crippen LogP contribution >= 0.6 is 0 Å². The molecule has 17 heavy (non-hydrogen) atoms. The monoisotopic (exact) mass is 233 g/mol. The molecule has 0 radical (unpaired) electrons. The fourth-order valence-electron chi connectivity index (χ4n) is 1.95. The van der Waals surface area contributed by atoms with Crippen molar-refractivity contribution < 1.29 is 4.39 Å². The molecule has 1 aromatic carbocycles. The molecule has 3 rings (SSSR count). The zero-order valence-electron chi connectivity index (χ0n) is 9.17. The van der Waals surface area contributed by atoms with Crippen LogP contribution in [0, 0.1) is 5.82 Å². The first-order valence-corrected chi connectivity index (χ1v) is 5.62. The van der Waals surface area contributed by atoms with E-state index in [2.05, 4.69) is 20.7 Å². The summed E-state index contributed by atoms with van der Waals surface area (Å²) in [6.45, 7) is 0.996. The zero-order chi connectivity index (χ0) is 11.7. The molecular weight excluding hydrogens is 221 g/mol. The van der Waals surface area contributed by atoms with Crippen LogP contribution in [0.1, 0.15) is 24.7 Å². The van der Waals surface area contributed by atoms with Gasteiger partial charge in [0.25, 0.3) is 0 Å². The van der Waals surface area contributed by atoms with E-state index in [-0.39, 0.29) is 11.9 Å². The molecule has 1 N–H and O–H groups in total. The van der Waals surface area contributed by atoms with Gasteiger partial charge in [0.1, 0.15) is 5.82 Å². The number of nitrogens with zero attached hydrogens (tertiary/aromatic N) is 4. The van der Waals surface area contributed by atoms with Gasteiger partial charge in [0.15, 0.2) is 5.82 Å². The van der Waals surface area contributed by atoms with E-state index in [0.717, 1.165) is 19.4 Å². The lowest BCUT2D eigenvalue weighted by Crippen LogP contribution is -2.14. The first kappa shape index (κ1) is 10.3. The highest BCUT2D eigenvalue weighted by Crippen LogP contribution is 2.19. The van der Waals surface area contributed by atoms with Gasteiger partial charge >= 0.3 is 0 Å². The number of halogens is 1. The standard InChI is InChI=1S/C11H12FN5/c12-8-3-5-9(6-4-8)17-15-11(14-16-17)10-2-1-7-13-10/h3-6,10,13H,1-2,7H2. The molecule has 6 heteroatoms. The lowest BCUT2D eigenvalue weighted by Gasteiger charge is -2.02. The number of hydrogen-bond donors (Lipinski definition) is 1. The van der Waals surface area contributed by atoms with E-state index in [0.29, 0.717) is 11.5 Å². The molecule has 5 nitrogen and oxygen atoms in total. The van der Waals surface area contributed by atoms with Gasteiger partial charge in [-0.25, -0.2) is 4.39 Å². The quantitative estimate of drug-likeness (QED) is 0.847. The summed E-state index contributed by atoms with van der Waals surface area (Å²) < 4.78 is 12.8. The van der Waals surface area contributed by atoms with Crippen LogP contribution in [0.2, 0.25) is 0 Å². The molecule has 0 spiro atoms. The van der Waals surface area contributed by atoms with Crippen LogP contribution in [-0.4, -0.2) is 26.8 Å². The fraction of sp³-hybridized carbons (Fsp3) is 0.364. The second-order valence-electron chi connectivity index (χ2n) is 4.06. The summed E-state index contributed by atoms with van der Waals surface area (Å²) in [5, 5.41) is 15.6. The largest absolute Gasteiger partial charge is 0.307 e. The molecule has 0 saturated carbocycles. The maximum Gasteiger partial charge on any atom is 0.192 e. The third-order valence-corrected chi connectivity index (χ3v) is 2.86. The number of rotatable bonds is 2. The Morgan fingerprint density at radius 3 is 2.82 bits per heavy atom. The van der Waals surface area contributed by atoms with E-state index in [1.165, 1.54) is 16.9 Å². The highest BCUT2D eigenvalue weighted by Gasteiger charge is 2.20. The Balaban J connectivity index is 1.86. The molecular formula is C11H12FN5. The Morgan fingerprint density at radius 2 is 2.12 bits per heavy atom. The molecule has 0 aliphatic carbocycles. The Hall–Kier alpha value is -1.82. The molecule has 1 aliphatic rings. The predicted molar refractivity (Wildman–Crippen MR) is 59.1 cm³/mol. The Kier molecular flexibility index (Phi) is 2.56. The van der Waals surface area contributed by atoms with Crippen molar-refractivity contribution in [1.29, 1.82) is 0 Å². The van der Waals surface area contributed by atoms with Gasteiger partial charge in [0, 0.05) is 0 Å². The summed E-state index contributed by atoms with van der Waals surface area (Å²) in [7, 11) is 0. The van der Waals surface area contributed by atoms with Gasteiger partial charge in [0.05, 0.1) is 11.7 Å². The second-order valence-corrected chi connectivity index (χ2v) is 4.06. The Bertz CT molecular complexity index is 501. The Morgan fingerprint density at radius 1 is 1.29 bits per heavy atom. The van der Waals surface area contributed by atoms with Crippen LogP contribution in [0.25, 0.3) is 5.69 Å². The topological polar surface area (TPSA) is 55.6 Å². The number of tetrazole rings is 1. The molecule has 88 valence electrons. The first-order valence-electron chi connectivity index (χ1n) is 5.62. The highest BCUT2D eigenvalue weighted by molar-refractivity contribution is 5.28. The van der Waals surface area contributed by atoms with E-state index >= 15 is 0 Å². The summed E-state index contributed by atoms with van der Waals surface area (Å²) in [6, 6.07) is 6.22. The van der Waals surface area contributed by atoms with Gasteiger partial charge in [-0.2, -0.15) is 0 Å². The molecule has 0 bridgehead atoms. The lowest BCUT2D eigenvalue weighted by atomic mass is 10.2. The maximum atomic E-state index is 12.8. The van der Waals surface area contributed by atoms with Gasteiger partial charge in [-0.05, 0) is 48.9 Å². The molecule has 1 aromatic heterocycles. The van der Waals surface area contributed by atoms with Crippen LogP contribution in [-0.2, 0) is 0 Å². The van der Waals surface area contributed by atoms with Crippen LogP contribution in [0.4, 0.5) is 4.39 Å². The maximum absolute atomic E-state index is 12.8. The van der Waals surface area contributed by atoms with E-state index < -0.39 is 0 Å². The molecule has 1 atom stereocenters. The van der Waals surface area contributed by atoms with Gasteiger partial charge in [-0.3, -0.25) is 0 Å². The van der Waals surface area contributed by atoms with Crippen molar-refractivity contribution in [2.45, 2.75) is 18.9 Å². The molecule has 1 aliphatic heterocycles. The minimum atomic E-state index is -0.272. The van der Waals surface area contributed by atoms with Crippen molar-refractivity contribution in [3.05, 3.63) is 35.9 Å². The Labute approximate surface area is 97.6 Å². The number of benzene rings is 1. The van der Waals surface area contributed by atoms with Gasteiger partial charge in [-0.1, -0.05) is 0 Å². The third-order valence-electron chi connectivity index (χ3n) is 2.86. The lowest BCUT2D eigenvalue weighted by molar-refractivity contribution is 0.601. The van der Waals surface area contributed by atoms with Crippen molar-refractivity contribution in [3.8, 4) is 5.69 Å². The first-order chi connectivity index (χ1) is 8.33. The number of hydrogen-bond acceptors (Lipinski definition) is 4. The summed E-state index contributed by atoms with van der Waals surface area (Å²) >= 11 is 0.